The first-order valence-corrected chi connectivity index (χ1v) is 6.29. The maximum Gasteiger partial charge on any atom is 0.270 e. The Hall–Kier alpha value is -2.28. The minimum atomic E-state index is -0.538. The molecule has 6 nitrogen and oxygen atoms in total. The number of non-ortho nitro benzene ring substituents is 1. The normalized spacial score (nSPS) is 9.80. The van der Waals surface area contributed by atoms with Crippen LogP contribution >= 0.6 is 12.2 Å². The smallest absolute Gasteiger partial charge is 0.270 e. The highest BCUT2D eigenvalue weighted by Crippen LogP contribution is 2.15. The van der Waals surface area contributed by atoms with E-state index in [4.69, 9.17) is 18.0 Å². The van der Waals surface area contributed by atoms with Crippen LogP contribution in [0.25, 0.3) is 0 Å². The molecular formula is C13H15N3O3S. The Kier molecular flexibility index (Phi) is 5.79. The number of nitrogens with zero attached hydrogens (tertiary/aromatic N) is 2. The number of benzene rings is 1. The molecule has 1 rings (SSSR count). The van der Waals surface area contributed by atoms with Crippen LogP contribution in [0.5, 0.6) is 0 Å². The first-order chi connectivity index (χ1) is 9.45. The molecule has 20 heavy (non-hydrogen) atoms. The molecule has 0 saturated heterocycles. The van der Waals surface area contributed by atoms with E-state index in [0.717, 1.165) is 0 Å². The standard InChI is InChI=1S/C13H15N3O3S/c1-2-7-15(8-6-12(14)20)13(17)10-4-3-5-11(9-10)16(18)19/h2-5,9H,1,6-8H2,(H2,14,20). The van der Waals surface area contributed by atoms with Crippen molar-refractivity contribution in [2.75, 3.05) is 13.1 Å². The van der Waals surface area contributed by atoms with E-state index in [1.54, 1.807) is 6.08 Å². The van der Waals surface area contributed by atoms with E-state index >= 15 is 0 Å². The quantitative estimate of drug-likeness (QED) is 0.359. The van der Waals surface area contributed by atoms with Gasteiger partial charge >= 0.3 is 0 Å². The first kappa shape index (κ1) is 15.8. The zero-order valence-electron chi connectivity index (χ0n) is 10.8. The van der Waals surface area contributed by atoms with E-state index in [9.17, 15) is 14.9 Å². The minimum absolute atomic E-state index is 0.122. The molecule has 106 valence electrons. The van der Waals surface area contributed by atoms with Crippen LogP contribution in [-0.2, 0) is 0 Å². The number of rotatable bonds is 7. The summed E-state index contributed by atoms with van der Waals surface area (Å²) in [6.07, 6.45) is 1.97. The number of nitro benzene ring substituents is 1. The van der Waals surface area contributed by atoms with E-state index in [2.05, 4.69) is 6.58 Å². The largest absolute Gasteiger partial charge is 0.393 e. The molecule has 0 atom stereocenters. The van der Waals surface area contributed by atoms with Gasteiger partial charge in [-0.25, -0.2) is 0 Å². The molecule has 0 aliphatic carbocycles. The molecule has 7 heteroatoms. The predicted octanol–water partition coefficient (Wildman–Crippen LogP) is 1.90. The fourth-order valence-electron chi connectivity index (χ4n) is 1.61. The highest BCUT2D eigenvalue weighted by molar-refractivity contribution is 7.80. The molecular weight excluding hydrogens is 278 g/mol. The van der Waals surface area contributed by atoms with E-state index in [1.807, 2.05) is 0 Å². The summed E-state index contributed by atoms with van der Waals surface area (Å²) >= 11 is 4.78. The number of amides is 1. The van der Waals surface area contributed by atoms with Gasteiger partial charge in [0.15, 0.2) is 0 Å². The summed E-state index contributed by atoms with van der Waals surface area (Å²) in [4.78, 5) is 24.3. The molecule has 1 amide bonds. The summed E-state index contributed by atoms with van der Waals surface area (Å²) < 4.78 is 0. The Morgan fingerprint density at radius 1 is 1.55 bits per heavy atom. The second-order valence-corrected chi connectivity index (χ2v) is 4.59. The van der Waals surface area contributed by atoms with Crippen LogP contribution in [0, 0.1) is 10.1 Å². The van der Waals surface area contributed by atoms with E-state index in [1.165, 1.54) is 29.2 Å². The molecule has 0 fully saturated rings. The van der Waals surface area contributed by atoms with Gasteiger partial charge in [0, 0.05) is 37.2 Å². The van der Waals surface area contributed by atoms with Crippen molar-refractivity contribution in [3.8, 4) is 0 Å². The van der Waals surface area contributed by atoms with Crippen LogP contribution in [0.15, 0.2) is 36.9 Å². The van der Waals surface area contributed by atoms with Gasteiger partial charge in [0.25, 0.3) is 11.6 Å². The maximum atomic E-state index is 12.3. The maximum absolute atomic E-state index is 12.3. The van der Waals surface area contributed by atoms with Crippen molar-refractivity contribution in [1.82, 2.24) is 4.90 Å². The van der Waals surface area contributed by atoms with Gasteiger partial charge in [-0.1, -0.05) is 24.4 Å². The number of hydrogen-bond acceptors (Lipinski definition) is 4. The molecule has 0 spiro atoms. The number of nitrogens with two attached hydrogens (primary N) is 1. The van der Waals surface area contributed by atoms with Gasteiger partial charge < -0.3 is 10.6 Å². The number of hydrogen-bond donors (Lipinski definition) is 1. The van der Waals surface area contributed by atoms with Crippen LogP contribution < -0.4 is 5.73 Å². The number of nitro groups is 1. The Morgan fingerprint density at radius 2 is 2.25 bits per heavy atom. The SMILES string of the molecule is C=CCN(CCC(N)=S)C(=O)c1cccc([N+](=O)[O-])c1. The fraction of sp³-hybridized carbons (Fsp3) is 0.231. The highest BCUT2D eigenvalue weighted by Gasteiger charge is 2.17. The summed E-state index contributed by atoms with van der Waals surface area (Å²) in [7, 11) is 0. The molecule has 0 aliphatic heterocycles. The molecule has 1 aromatic carbocycles. The molecule has 0 saturated carbocycles. The van der Waals surface area contributed by atoms with Crippen molar-refractivity contribution in [3.05, 3.63) is 52.6 Å². The van der Waals surface area contributed by atoms with Gasteiger partial charge in [-0.15, -0.1) is 6.58 Å². The van der Waals surface area contributed by atoms with Gasteiger partial charge in [-0.2, -0.15) is 0 Å². The van der Waals surface area contributed by atoms with E-state index in [0.29, 0.717) is 24.5 Å². The topological polar surface area (TPSA) is 89.5 Å². The molecule has 2 N–H and O–H groups in total. The fourth-order valence-corrected chi connectivity index (χ4v) is 1.70. The van der Waals surface area contributed by atoms with Crippen molar-refractivity contribution in [2.45, 2.75) is 6.42 Å². The lowest BCUT2D eigenvalue weighted by atomic mass is 10.1. The number of thiocarbonyl (C=S) groups is 1. The number of carbonyl (C=O) groups excluding carboxylic acids is 1. The Labute approximate surface area is 122 Å². The highest BCUT2D eigenvalue weighted by atomic mass is 32.1. The lowest BCUT2D eigenvalue weighted by molar-refractivity contribution is -0.384. The molecule has 0 bridgehead atoms. The molecule has 1 aromatic rings. The van der Waals surface area contributed by atoms with Crippen LogP contribution in [0.1, 0.15) is 16.8 Å². The second-order valence-electron chi connectivity index (χ2n) is 4.06. The third-order valence-electron chi connectivity index (χ3n) is 2.57. The van der Waals surface area contributed by atoms with Crippen LogP contribution in [0.2, 0.25) is 0 Å². The van der Waals surface area contributed by atoms with Gasteiger partial charge in [-0.3, -0.25) is 14.9 Å². The second kappa shape index (κ2) is 7.34. The Morgan fingerprint density at radius 3 is 2.80 bits per heavy atom. The lowest BCUT2D eigenvalue weighted by Crippen LogP contribution is -2.33. The summed E-state index contributed by atoms with van der Waals surface area (Å²) in [5.41, 5.74) is 5.55. The third-order valence-corrected chi connectivity index (χ3v) is 2.77. The zero-order valence-corrected chi connectivity index (χ0v) is 11.6. The summed E-state index contributed by atoms with van der Waals surface area (Å²) in [6.45, 7) is 4.26. The number of carbonyl (C=O) groups is 1. The summed E-state index contributed by atoms with van der Waals surface area (Å²) in [5.74, 6) is -0.315. The summed E-state index contributed by atoms with van der Waals surface area (Å²) in [5, 5.41) is 10.7. The minimum Gasteiger partial charge on any atom is -0.393 e. The van der Waals surface area contributed by atoms with E-state index in [-0.39, 0.29) is 17.2 Å². The average Bonchev–Trinajstić information content (AvgIpc) is 2.42. The first-order valence-electron chi connectivity index (χ1n) is 5.88. The molecule has 0 aromatic heterocycles. The van der Waals surface area contributed by atoms with Gasteiger partial charge in [0.1, 0.15) is 0 Å². The monoisotopic (exact) mass is 293 g/mol. The average molecular weight is 293 g/mol. The predicted molar refractivity (Wildman–Crippen MR) is 80.6 cm³/mol. The van der Waals surface area contributed by atoms with Crippen molar-refractivity contribution in [2.24, 2.45) is 5.73 Å². The van der Waals surface area contributed by atoms with Crippen molar-refractivity contribution in [1.29, 1.82) is 0 Å². The van der Waals surface area contributed by atoms with E-state index < -0.39 is 4.92 Å². The molecule has 0 heterocycles. The molecule has 0 aliphatic rings. The van der Waals surface area contributed by atoms with Crippen LogP contribution in [0.4, 0.5) is 5.69 Å². The van der Waals surface area contributed by atoms with Gasteiger partial charge in [0.05, 0.1) is 9.91 Å². The van der Waals surface area contributed by atoms with Crippen LogP contribution in [-0.4, -0.2) is 33.8 Å². The van der Waals surface area contributed by atoms with Gasteiger partial charge in [0.2, 0.25) is 0 Å². The lowest BCUT2D eigenvalue weighted by Gasteiger charge is -2.20. The van der Waals surface area contributed by atoms with Crippen molar-refractivity contribution < 1.29 is 9.72 Å². The van der Waals surface area contributed by atoms with Gasteiger partial charge in [-0.05, 0) is 6.07 Å². The molecule has 0 unspecified atom stereocenters. The Balaban J connectivity index is 2.93. The Bertz CT molecular complexity index is 545. The summed E-state index contributed by atoms with van der Waals surface area (Å²) in [6, 6.07) is 5.60. The zero-order chi connectivity index (χ0) is 15.1. The van der Waals surface area contributed by atoms with Crippen LogP contribution in [0.3, 0.4) is 0 Å². The molecule has 0 radical (unpaired) electrons. The van der Waals surface area contributed by atoms with Crippen molar-refractivity contribution >= 4 is 28.8 Å². The third kappa shape index (κ3) is 4.43. The van der Waals surface area contributed by atoms with Crippen molar-refractivity contribution in [3.63, 3.8) is 0 Å².